The van der Waals surface area contributed by atoms with Crippen molar-refractivity contribution in [3.05, 3.63) is 116 Å². The van der Waals surface area contributed by atoms with Crippen LogP contribution < -0.4 is 19.6 Å². The van der Waals surface area contributed by atoms with E-state index in [-0.39, 0.29) is 24.5 Å². The first-order chi connectivity index (χ1) is 17.5. The summed E-state index contributed by atoms with van der Waals surface area (Å²) in [5.41, 5.74) is 2.59. The van der Waals surface area contributed by atoms with Gasteiger partial charge in [0.25, 0.3) is 11.2 Å². The fraction of sp³-hybridized carbons (Fsp3) is 0.111. The molecule has 0 spiro atoms. The number of para-hydroxylation sites is 3. The Kier molecular flexibility index (Phi) is 6.46. The number of nitro groups is 1. The molecule has 8 nitrogen and oxygen atoms in total. The number of rotatable bonds is 9. The average Bonchev–Trinajstić information content (AvgIpc) is 3.39. The molecule has 0 unspecified atom stereocenters. The highest BCUT2D eigenvalue weighted by atomic mass is 32.1. The van der Waals surface area contributed by atoms with Gasteiger partial charge in [0.1, 0.15) is 24.7 Å². The number of thiazole rings is 1. The van der Waals surface area contributed by atoms with Crippen LogP contribution in [0.1, 0.15) is 11.1 Å². The molecule has 0 saturated carbocycles. The lowest BCUT2D eigenvalue weighted by Gasteiger charge is -2.12. The maximum atomic E-state index is 13.1. The number of non-ortho nitro benzene ring substituents is 1. The van der Waals surface area contributed by atoms with Gasteiger partial charge in [0.05, 0.1) is 20.5 Å². The van der Waals surface area contributed by atoms with Crippen molar-refractivity contribution in [1.29, 1.82) is 0 Å². The first-order valence-electron chi connectivity index (χ1n) is 11.2. The zero-order chi connectivity index (χ0) is 25.1. The molecule has 36 heavy (non-hydrogen) atoms. The van der Waals surface area contributed by atoms with E-state index in [0.717, 1.165) is 22.3 Å². The molecule has 5 rings (SSSR count). The van der Waals surface area contributed by atoms with E-state index in [1.54, 1.807) is 10.5 Å². The van der Waals surface area contributed by atoms with Crippen molar-refractivity contribution in [1.82, 2.24) is 9.38 Å². The molecule has 3 aromatic carbocycles. The Morgan fingerprint density at radius 3 is 2.58 bits per heavy atom. The smallest absolute Gasteiger partial charge is 0.274 e. The minimum absolute atomic E-state index is 0.0950. The molecule has 2 aromatic heterocycles. The van der Waals surface area contributed by atoms with E-state index in [2.05, 4.69) is 11.6 Å². The average molecular weight is 500 g/mol. The van der Waals surface area contributed by atoms with Crippen LogP contribution in [0, 0.1) is 10.1 Å². The second kappa shape index (κ2) is 10.0. The van der Waals surface area contributed by atoms with Crippen LogP contribution in [0.3, 0.4) is 0 Å². The van der Waals surface area contributed by atoms with Crippen LogP contribution in [-0.2, 0) is 6.42 Å². The van der Waals surface area contributed by atoms with Gasteiger partial charge in [-0.15, -0.1) is 6.58 Å². The van der Waals surface area contributed by atoms with Crippen LogP contribution in [0.15, 0.2) is 84.2 Å². The largest absolute Gasteiger partial charge is 0.490 e. The van der Waals surface area contributed by atoms with E-state index in [4.69, 9.17) is 9.47 Å². The number of imidazole rings is 1. The van der Waals surface area contributed by atoms with E-state index in [1.807, 2.05) is 54.6 Å². The summed E-state index contributed by atoms with van der Waals surface area (Å²) in [6, 6.07) is 19.4. The Morgan fingerprint density at radius 1 is 1.03 bits per heavy atom. The molecule has 0 aliphatic heterocycles. The molecule has 0 radical (unpaired) electrons. The summed E-state index contributed by atoms with van der Waals surface area (Å²) in [5, 5.41) is 11.4. The van der Waals surface area contributed by atoms with Crippen LogP contribution in [0.2, 0.25) is 0 Å². The lowest BCUT2D eigenvalue weighted by atomic mass is 10.1. The Balaban J connectivity index is 1.43. The number of hydrogen-bond acceptors (Lipinski definition) is 7. The molecule has 2 heterocycles. The monoisotopic (exact) mass is 499 g/mol. The Labute approximate surface area is 209 Å². The van der Waals surface area contributed by atoms with Gasteiger partial charge in [-0.1, -0.05) is 47.7 Å². The number of allylic oxidation sites excluding steroid dienone is 1. The third-order valence-electron chi connectivity index (χ3n) is 5.57. The predicted molar refractivity (Wildman–Crippen MR) is 140 cm³/mol. The van der Waals surface area contributed by atoms with E-state index in [1.165, 1.54) is 29.5 Å². The third-order valence-corrected chi connectivity index (χ3v) is 6.54. The fourth-order valence-electron chi connectivity index (χ4n) is 3.92. The van der Waals surface area contributed by atoms with Gasteiger partial charge in [0, 0.05) is 17.7 Å². The minimum Gasteiger partial charge on any atom is -0.490 e. The van der Waals surface area contributed by atoms with Gasteiger partial charge in [-0.25, -0.2) is 9.38 Å². The number of fused-ring (bicyclic) bond motifs is 3. The molecule has 0 aliphatic rings. The summed E-state index contributed by atoms with van der Waals surface area (Å²) in [6.07, 6.45) is 4.11. The molecule has 0 bridgehead atoms. The van der Waals surface area contributed by atoms with Crippen LogP contribution in [0.4, 0.5) is 5.69 Å². The van der Waals surface area contributed by atoms with Gasteiger partial charge in [0.2, 0.25) is 0 Å². The minimum atomic E-state index is -0.479. The second-order valence-electron chi connectivity index (χ2n) is 7.91. The van der Waals surface area contributed by atoms with Crippen molar-refractivity contribution in [2.45, 2.75) is 6.42 Å². The van der Waals surface area contributed by atoms with Crippen molar-refractivity contribution < 1.29 is 14.4 Å². The summed E-state index contributed by atoms with van der Waals surface area (Å²) < 4.78 is 13.7. The molecule has 0 aliphatic carbocycles. The summed E-state index contributed by atoms with van der Waals surface area (Å²) in [6.45, 7) is 4.26. The zero-order valence-corrected chi connectivity index (χ0v) is 19.9. The third kappa shape index (κ3) is 4.56. The van der Waals surface area contributed by atoms with Crippen LogP contribution in [-0.4, -0.2) is 27.5 Å². The van der Waals surface area contributed by atoms with Crippen molar-refractivity contribution in [3.63, 3.8) is 0 Å². The number of benzene rings is 3. The summed E-state index contributed by atoms with van der Waals surface area (Å²) >= 11 is 1.22. The summed E-state index contributed by atoms with van der Waals surface area (Å²) in [7, 11) is 0. The number of nitrogens with zero attached hydrogens (tertiary/aromatic N) is 3. The molecule has 0 saturated heterocycles. The lowest BCUT2D eigenvalue weighted by molar-refractivity contribution is -0.384. The number of aromatic nitrogens is 2. The standard InChI is InChI=1S/C27H21N3O5S/c1-2-7-18-8-3-6-11-23(18)34-14-15-35-24-13-12-20(30(32)33)16-19(24)17-25-26(31)29-22-10-5-4-9-21(22)28-27(29)36-25/h2-6,8-13,16-17H,1,7,14-15H2/b25-17+. The quantitative estimate of drug-likeness (QED) is 0.128. The van der Waals surface area contributed by atoms with Gasteiger partial charge in [-0.3, -0.25) is 14.9 Å². The first-order valence-corrected chi connectivity index (χ1v) is 12.0. The number of nitro benzene ring substituents is 1. The van der Waals surface area contributed by atoms with E-state index in [0.29, 0.717) is 27.2 Å². The summed E-state index contributed by atoms with van der Waals surface area (Å²) in [5.74, 6) is 1.17. The molecule has 0 fully saturated rings. The Hall–Kier alpha value is -4.50. The highest BCUT2D eigenvalue weighted by molar-refractivity contribution is 7.15. The van der Waals surface area contributed by atoms with E-state index < -0.39 is 4.92 Å². The lowest BCUT2D eigenvalue weighted by Crippen LogP contribution is -2.22. The first kappa shape index (κ1) is 23.3. The van der Waals surface area contributed by atoms with Gasteiger partial charge in [-0.05, 0) is 42.3 Å². The van der Waals surface area contributed by atoms with Crippen LogP contribution in [0.25, 0.3) is 22.1 Å². The Bertz CT molecular complexity index is 1710. The number of hydrogen-bond donors (Lipinski definition) is 0. The van der Waals surface area contributed by atoms with Crippen LogP contribution >= 0.6 is 11.3 Å². The van der Waals surface area contributed by atoms with Gasteiger partial charge >= 0.3 is 0 Å². The fourth-order valence-corrected chi connectivity index (χ4v) is 4.90. The Morgan fingerprint density at radius 2 is 1.78 bits per heavy atom. The van der Waals surface area contributed by atoms with Gasteiger partial charge < -0.3 is 9.47 Å². The second-order valence-corrected chi connectivity index (χ2v) is 8.92. The highest BCUT2D eigenvalue weighted by Crippen LogP contribution is 2.26. The van der Waals surface area contributed by atoms with Crippen molar-refractivity contribution in [3.8, 4) is 11.5 Å². The normalized spacial score (nSPS) is 11.7. The van der Waals surface area contributed by atoms with Gasteiger partial charge in [0.15, 0.2) is 4.96 Å². The molecule has 0 atom stereocenters. The topological polar surface area (TPSA) is 96.0 Å². The van der Waals surface area contributed by atoms with Crippen molar-refractivity contribution in [2.75, 3.05) is 13.2 Å². The molecular weight excluding hydrogens is 478 g/mol. The van der Waals surface area contributed by atoms with Crippen molar-refractivity contribution >= 4 is 39.1 Å². The van der Waals surface area contributed by atoms with E-state index >= 15 is 0 Å². The molecule has 5 aromatic rings. The van der Waals surface area contributed by atoms with Crippen LogP contribution in [0.5, 0.6) is 11.5 Å². The van der Waals surface area contributed by atoms with Crippen molar-refractivity contribution in [2.24, 2.45) is 0 Å². The molecular formula is C27H21N3O5S. The predicted octanol–water partition coefficient (Wildman–Crippen LogP) is 4.55. The summed E-state index contributed by atoms with van der Waals surface area (Å²) in [4.78, 5) is 29.1. The highest BCUT2D eigenvalue weighted by Gasteiger charge is 2.14. The molecule has 0 amide bonds. The number of ether oxygens (including phenoxy) is 2. The van der Waals surface area contributed by atoms with Gasteiger partial charge in [-0.2, -0.15) is 0 Å². The zero-order valence-electron chi connectivity index (χ0n) is 19.1. The molecule has 180 valence electrons. The maximum Gasteiger partial charge on any atom is 0.274 e. The SMILES string of the molecule is C=CCc1ccccc1OCCOc1ccc([N+](=O)[O-])cc1/C=c1/sc2nc3ccccc3n2c1=O. The van der Waals surface area contributed by atoms with E-state index in [9.17, 15) is 14.9 Å². The molecule has 9 heteroatoms. The maximum absolute atomic E-state index is 13.1. The molecule has 0 N–H and O–H groups in total.